The van der Waals surface area contributed by atoms with E-state index in [1.165, 1.54) is 5.56 Å². The molecule has 2 atom stereocenters. The summed E-state index contributed by atoms with van der Waals surface area (Å²) in [4.78, 5) is 14.9. The van der Waals surface area contributed by atoms with Gasteiger partial charge in [-0.25, -0.2) is 4.79 Å². The van der Waals surface area contributed by atoms with Gasteiger partial charge >= 0.3 is 5.97 Å². The fourth-order valence-electron chi connectivity index (χ4n) is 3.95. The summed E-state index contributed by atoms with van der Waals surface area (Å²) in [5, 5.41) is 0.146. The third kappa shape index (κ3) is 4.42. The highest BCUT2D eigenvalue weighted by atomic mass is 28.4. The molecule has 0 fully saturated rings. The van der Waals surface area contributed by atoms with Crippen molar-refractivity contribution < 1.29 is 14.0 Å². The Hall–Kier alpha value is -1.85. The van der Waals surface area contributed by atoms with Crippen molar-refractivity contribution in [2.45, 2.75) is 77.7 Å². The Morgan fingerprint density at radius 3 is 2.43 bits per heavy atom. The van der Waals surface area contributed by atoms with Crippen molar-refractivity contribution in [2.75, 3.05) is 6.61 Å². The number of hydrogen-bond donors (Lipinski definition) is 0. The van der Waals surface area contributed by atoms with Crippen LogP contribution < -0.4 is 0 Å². The molecule has 2 aliphatic heterocycles. The second-order valence-corrected chi connectivity index (χ2v) is 15.4. The molecule has 0 aromatic heterocycles. The molecule has 0 N–H and O–H groups in total. The SMILES string of the molecule is C[C@H]1C=CN([C@H](CO[Si](C)(C)C(C)(C)C)Cc2ccccc2)C2=C1C(=O)OC2(C)C. The molecule has 5 heteroatoms. The monoisotopic (exact) mass is 427 g/mol. The van der Waals surface area contributed by atoms with Crippen LogP contribution in [0, 0.1) is 5.92 Å². The number of hydrogen-bond acceptors (Lipinski definition) is 4. The van der Waals surface area contributed by atoms with Gasteiger partial charge in [0.15, 0.2) is 8.32 Å². The first-order valence-electron chi connectivity index (χ1n) is 11.0. The predicted octanol–water partition coefficient (Wildman–Crippen LogP) is 5.67. The van der Waals surface area contributed by atoms with E-state index in [1.807, 2.05) is 19.9 Å². The van der Waals surface area contributed by atoms with Gasteiger partial charge in [0.1, 0.15) is 5.60 Å². The van der Waals surface area contributed by atoms with Crippen molar-refractivity contribution in [3.05, 3.63) is 59.4 Å². The number of nitrogens with zero attached hydrogens (tertiary/aromatic N) is 1. The summed E-state index contributed by atoms with van der Waals surface area (Å²) in [6, 6.07) is 10.6. The zero-order chi connectivity index (χ0) is 22.3. The number of cyclic esters (lactones) is 1. The normalized spacial score (nSPS) is 22.2. The molecule has 2 aliphatic rings. The lowest BCUT2D eigenvalue weighted by molar-refractivity contribution is -0.145. The molecule has 0 bridgehead atoms. The smallest absolute Gasteiger partial charge is 0.337 e. The lowest BCUT2D eigenvalue weighted by Gasteiger charge is -2.42. The van der Waals surface area contributed by atoms with Gasteiger partial charge in [0.2, 0.25) is 0 Å². The summed E-state index contributed by atoms with van der Waals surface area (Å²) < 4.78 is 12.4. The fraction of sp³-hybridized carbons (Fsp3) is 0.560. The van der Waals surface area contributed by atoms with Crippen LogP contribution in [0.25, 0.3) is 0 Å². The van der Waals surface area contributed by atoms with Crippen molar-refractivity contribution in [1.29, 1.82) is 0 Å². The Labute approximate surface area is 183 Å². The highest BCUT2D eigenvalue weighted by Crippen LogP contribution is 2.43. The maximum atomic E-state index is 12.6. The zero-order valence-electron chi connectivity index (χ0n) is 19.8. The summed E-state index contributed by atoms with van der Waals surface area (Å²) in [5.74, 6) is -0.134. The summed E-state index contributed by atoms with van der Waals surface area (Å²) in [6.07, 6.45) is 5.08. The Morgan fingerprint density at radius 2 is 1.83 bits per heavy atom. The Morgan fingerprint density at radius 1 is 1.20 bits per heavy atom. The van der Waals surface area contributed by atoms with Gasteiger partial charge in [-0.15, -0.1) is 0 Å². The second kappa shape index (κ2) is 8.01. The van der Waals surface area contributed by atoms with Crippen LogP contribution in [-0.4, -0.2) is 37.4 Å². The highest BCUT2D eigenvalue weighted by Gasteiger charge is 2.47. The Balaban J connectivity index is 1.96. The van der Waals surface area contributed by atoms with E-state index in [9.17, 15) is 4.79 Å². The van der Waals surface area contributed by atoms with E-state index < -0.39 is 13.9 Å². The first-order valence-corrected chi connectivity index (χ1v) is 13.9. The van der Waals surface area contributed by atoms with Gasteiger partial charge in [0.25, 0.3) is 0 Å². The van der Waals surface area contributed by atoms with E-state index in [-0.39, 0.29) is 23.0 Å². The molecule has 0 amide bonds. The summed E-state index contributed by atoms with van der Waals surface area (Å²) in [7, 11) is -1.91. The topological polar surface area (TPSA) is 38.8 Å². The minimum atomic E-state index is -1.91. The Bertz CT molecular complexity index is 849. The molecule has 0 saturated heterocycles. The van der Waals surface area contributed by atoms with E-state index in [2.05, 4.69) is 82.2 Å². The van der Waals surface area contributed by atoms with E-state index in [4.69, 9.17) is 9.16 Å². The van der Waals surface area contributed by atoms with Crippen molar-refractivity contribution in [3.8, 4) is 0 Å². The minimum Gasteiger partial charge on any atom is -0.450 e. The van der Waals surface area contributed by atoms with Crippen molar-refractivity contribution >= 4 is 14.3 Å². The van der Waals surface area contributed by atoms with Crippen LogP contribution in [0.4, 0.5) is 0 Å². The van der Waals surface area contributed by atoms with Gasteiger partial charge in [-0.1, -0.05) is 64.1 Å². The van der Waals surface area contributed by atoms with Crippen LogP contribution >= 0.6 is 0 Å². The number of allylic oxidation sites excluding steroid dienone is 1. The van der Waals surface area contributed by atoms with E-state index in [0.717, 1.165) is 17.7 Å². The summed E-state index contributed by atoms with van der Waals surface area (Å²) in [6.45, 7) is 18.0. The van der Waals surface area contributed by atoms with Crippen molar-refractivity contribution in [3.63, 3.8) is 0 Å². The van der Waals surface area contributed by atoms with E-state index in [1.54, 1.807) is 0 Å². The molecule has 4 nitrogen and oxygen atoms in total. The van der Waals surface area contributed by atoms with Crippen LogP contribution in [0.2, 0.25) is 18.1 Å². The van der Waals surface area contributed by atoms with Gasteiger partial charge in [-0.3, -0.25) is 0 Å². The minimum absolute atomic E-state index is 0.0595. The number of carbonyl (C=O) groups is 1. The van der Waals surface area contributed by atoms with Gasteiger partial charge in [0, 0.05) is 12.1 Å². The van der Waals surface area contributed by atoms with Crippen molar-refractivity contribution in [1.82, 2.24) is 4.90 Å². The maximum absolute atomic E-state index is 12.6. The van der Waals surface area contributed by atoms with E-state index >= 15 is 0 Å². The average molecular weight is 428 g/mol. The molecular formula is C25H37NO3Si. The van der Waals surface area contributed by atoms with Gasteiger partial charge < -0.3 is 14.1 Å². The van der Waals surface area contributed by atoms with Gasteiger partial charge in [0.05, 0.1) is 23.9 Å². The number of rotatable bonds is 6. The average Bonchev–Trinajstić information content (AvgIpc) is 2.89. The molecule has 0 spiro atoms. The van der Waals surface area contributed by atoms with Gasteiger partial charge in [-0.2, -0.15) is 0 Å². The molecule has 1 aromatic carbocycles. The number of carbonyl (C=O) groups excluding carboxylic acids is 1. The first-order chi connectivity index (χ1) is 13.8. The summed E-state index contributed by atoms with van der Waals surface area (Å²) >= 11 is 0. The second-order valence-electron chi connectivity index (χ2n) is 10.6. The quantitative estimate of drug-likeness (QED) is 0.433. The number of benzene rings is 1. The maximum Gasteiger partial charge on any atom is 0.337 e. The third-order valence-corrected chi connectivity index (χ3v) is 11.3. The van der Waals surface area contributed by atoms with Crippen LogP contribution in [0.5, 0.6) is 0 Å². The van der Waals surface area contributed by atoms with Gasteiger partial charge in [-0.05, 0) is 44.0 Å². The van der Waals surface area contributed by atoms with Crippen LogP contribution in [0.3, 0.4) is 0 Å². The molecule has 0 unspecified atom stereocenters. The summed E-state index contributed by atoms with van der Waals surface area (Å²) in [5.41, 5.74) is 2.39. The third-order valence-electron chi connectivity index (χ3n) is 6.79. The zero-order valence-corrected chi connectivity index (χ0v) is 20.8. The molecular weight excluding hydrogens is 390 g/mol. The molecule has 0 aliphatic carbocycles. The number of esters is 1. The molecule has 1 aromatic rings. The molecule has 3 rings (SSSR count). The lowest BCUT2D eigenvalue weighted by atomic mass is 9.89. The van der Waals surface area contributed by atoms with Crippen LogP contribution in [0.1, 0.15) is 47.1 Å². The Kier molecular flexibility index (Phi) is 6.09. The molecule has 0 radical (unpaired) electrons. The van der Waals surface area contributed by atoms with Crippen molar-refractivity contribution in [2.24, 2.45) is 5.92 Å². The number of ether oxygens (including phenoxy) is 1. The fourth-order valence-corrected chi connectivity index (χ4v) is 4.99. The molecule has 164 valence electrons. The molecule has 2 heterocycles. The molecule has 30 heavy (non-hydrogen) atoms. The highest BCUT2D eigenvalue weighted by molar-refractivity contribution is 6.74. The van der Waals surface area contributed by atoms with Crippen LogP contribution in [-0.2, 0) is 20.4 Å². The lowest BCUT2D eigenvalue weighted by Crippen LogP contribution is -2.48. The molecule has 0 saturated carbocycles. The largest absolute Gasteiger partial charge is 0.450 e. The van der Waals surface area contributed by atoms with E-state index in [0.29, 0.717) is 6.61 Å². The predicted molar refractivity (Wildman–Crippen MR) is 124 cm³/mol. The first kappa shape index (κ1) is 22.8. The standard InChI is InChI=1S/C25H37NO3Si/c1-18-14-15-26(22-21(18)23(27)29-25(22,5)6)20(16-19-12-10-9-11-13-19)17-28-30(7,8)24(2,3)4/h9-15,18,20H,16-17H2,1-8H3/t18-,20-/m0/s1. The van der Waals surface area contributed by atoms with Crippen LogP contribution in [0.15, 0.2) is 53.9 Å².